The van der Waals surface area contributed by atoms with Crippen molar-refractivity contribution in [2.75, 3.05) is 6.61 Å². The van der Waals surface area contributed by atoms with Crippen LogP contribution >= 0.6 is 0 Å². The zero-order chi connectivity index (χ0) is 15.3. The molecule has 0 aliphatic rings. The van der Waals surface area contributed by atoms with Gasteiger partial charge in [0.2, 0.25) is 0 Å². The Morgan fingerprint density at radius 1 is 1.45 bits per heavy atom. The molecule has 0 radical (unpaired) electrons. The molecule has 0 N–H and O–H groups in total. The lowest BCUT2D eigenvalue weighted by atomic mass is 9.95. The number of ether oxygens (including phenoxy) is 1. The van der Waals surface area contributed by atoms with Crippen LogP contribution in [0.3, 0.4) is 0 Å². The van der Waals surface area contributed by atoms with Gasteiger partial charge in [0.05, 0.1) is 30.2 Å². The van der Waals surface area contributed by atoms with Crippen LogP contribution in [0.25, 0.3) is 0 Å². The lowest BCUT2D eigenvalue weighted by Gasteiger charge is -2.15. The summed E-state index contributed by atoms with van der Waals surface area (Å²) in [6.45, 7) is 1.56. The first-order valence-electron chi connectivity index (χ1n) is 5.59. The topological polar surface area (TPSA) is 67.2 Å². The van der Waals surface area contributed by atoms with Crippen LogP contribution in [-0.4, -0.2) is 18.9 Å². The van der Waals surface area contributed by atoms with Crippen LogP contribution in [0.5, 0.6) is 0 Å². The molecule has 0 aliphatic carbocycles. The van der Waals surface area contributed by atoms with Gasteiger partial charge in [0.1, 0.15) is 0 Å². The number of aldehydes is 1. The minimum absolute atomic E-state index is 0.0317. The summed E-state index contributed by atoms with van der Waals surface area (Å²) in [4.78, 5) is 22.2. The van der Waals surface area contributed by atoms with Gasteiger partial charge in [-0.3, -0.25) is 9.59 Å². The molecule has 0 unspecified atom stereocenters. The number of alkyl halides is 3. The Bertz CT molecular complexity index is 573. The molecular weight excluding hydrogens is 275 g/mol. The van der Waals surface area contributed by atoms with Crippen LogP contribution in [-0.2, 0) is 22.1 Å². The van der Waals surface area contributed by atoms with Crippen LogP contribution in [0.4, 0.5) is 13.2 Å². The molecule has 0 atom stereocenters. The lowest BCUT2D eigenvalue weighted by Crippen LogP contribution is -2.17. The maximum atomic E-state index is 13.0. The van der Waals surface area contributed by atoms with Gasteiger partial charge in [-0.1, -0.05) is 6.07 Å². The third kappa shape index (κ3) is 3.35. The van der Waals surface area contributed by atoms with Crippen molar-refractivity contribution in [3.05, 3.63) is 34.4 Å². The number of nitrogens with zero attached hydrogens (tertiary/aromatic N) is 1. The SMILES string of the molecule is CCOC(=O)Cc1ccc(C#N)c(C=O)c1C(F)(F)F. The molecule has 0 aliphatic heterocycles. The second-order valence-corrected chi connectivity index (χ2v) is 3.77. The molecule has 0 amide bonds. The second-order valence-electron chi connectivity index (χ2n) is 3.77. The smallest absolute Gasteiger partial charge is 0.417 e. The first-order chi connectivity index (χ1) is 9.35. The van der Waals surface area contributed by atoms with E-state index in [1.165, 1.54) is 13.0 Å². The van der Waals surface area contributed by atoms with Crippen molar-refractivity contribution in [1.82, 2.24) is 0 Å². The largest absolute Gasteiger partial charge is 0.466 e. The number of carbonyl (C=O) groups is 2. The lowest BCUT2D eigenvalue weighted by molar-refractivity contribution is -0.143. The summed E-state index contributed by atoms with van der Waals surface area (Å²) in [5.74, 6) is -0.834. The molecule has 20 heavy (non-hydrogen) atoms. The van der Waals surface area contributed by atoms with E-state index in [0.717, 1.165) is 12.1 Å². The second kappa shape index (κ2) is 6.19. The summed E-state index contributed by atoms with van der Waals surface area (Å²) in [7, 11) is 0. The highest BCUT2D eigenvalue weighted by atomic mass is 19.4. The highest BCUT2D eigenvalue weighted by Crippen LogP contribution is 2.35. The van der Waals surface area contributed by atoms with Gasteiger partial charge in [-0.05, 0) is 18.6 Å². The average molecular weight is 285 g/mol. The maximum absolute atomic E-state index is 13.0. The molecule has 0 fully saturated rings. The molecule has 1 aromatic carbocycles. The summed E-state index contributed by atoms with van der Waals surface area (Å²) < 4.78 is 43.7. The van der Waals surface area contributed by atoms with E-state index in [0.29, 0.717) is 0 Å². The molecule has 7 heteroatoms. The number of halogens is 3. The number of hydrogen-bond donors (Lipinski definition) is 0. The molecule has 1 aromatic rings. The number of esters is 1. The molecule has 0 saturated carbocycles. The van der Waals surface area contributed by atoms with Gasteiger partial charge in [-0.25, -0.2) is 0 Å². The van der Waals surface area contributed by atoms with Gasteiger partial charge >= 0.3 is 12.1 Å². The van der Waals surface area contributed by atoms with Crippen LogP contribution in [0, 0.1) is 11.3 Å². The predicted molar refractivity (Wildman–Crippen MR) is 61.9 cm³/mol. The maximum Gasteiger partial charge on any atom is 0.417 e. The zero-order valence-corrected chi connectivity index (χ0v) is 10.5. The highest BCUT2D eigenvalue weighted by molar-refractivity contribution is 5.84. The van der Waals surface area contributed by atoms with Crippen LogP contribution in [0.2, 0.25) is 0 Å². The zero-order valence-electron chi connectivity index (χ0n) is 10.5. The minimum atomic E-state index is -4.84. The Hall–Kier alpha value is -2.36. The van der Waals surface area contributed by atoms with Crippen molar-refractivity contribution in [1.29, 1.82) is 5.26 Å². The number of carbonyl (C=O) groups excluding carboxylic acids is 2. The summed E-state index contributed by atoms with van der Waals surface area (Å²) in [5.41, 5.74) is -2.81. The molecule has 106 valence electrons. The molecule has 0 saturated heterocycles. The fourth-order valence-corrected chi connectivity index (χ4v) is 1.73. The third-order valence-electron chi connectivity index (χ3n) is 2.49. The van der Waals surface area contributed by atoms with Crippen molar-refractivity contribution >= 4 is 12.3 Å². The first-order valence-corrected chi connectivity index (χ1v) is 5.59. The van der Waals surface area contributed by atoms with Crippen LogP contribution in [0.1, 0.15) is 34.0 Å². The fourth-order valence-electron chi connectivity index (χ4n) is 1.73. The molecule has 0 bridgehead atoms. The van der Waals surface area contributed by atoms with Crippen molar-refractivity contribution < 1.29 is 27.5 Å². The Balaban J connectivity index is 3.42. The molecule has 4 nitrogen and oxygen atoms in total. The number of nitriles is 1. The molecule has 0 aromatic heterocycles. The minimum Gasteiger partial charge on any atom is -0.466 e. The third-order valence-corrected chi connectivity index (χ3v) is 2.49. The number of rotatable bonds is 4. The van der Waals surface area contributed by atoms with Gasteiger partial charge < -0.3 is 4.74 Å². The van der Waals surface area contributed by atoms with E-state index < -0.39 is 35.3 Å². The Labute approximate surface area is 112 Å². The summed E-state index contributed by atoms with van der Waals surface area (Å²) in [6, 6.07) is 3.60. The van der Waals surface area contributed by atoms with E-state index >= 15 is 0 Å². The van der Waals surface area contributed by atoms with Gasteiger partial charge in [-0.15, -0.1) is 0 Å². The highest BCUT2D eigenvalue weighted by Gasteiger charge is 2.37. The summed E-state index contributed by atoms with van der Waals surface area (Å²) >= 11 is 0. The van der Waals surface area contributed by atoms with E-state index in [-0.39, 0.29) is 18.5 Å². The average Bonchev–Trinajstić information content (AvgIpc) is 2.36. The van der Waals surface area contributed by atoms with Gasteiger partial charge in [0.15, 0.2) is 6.29 Å². The van der Waals surface area contributed by atoms with E-state index in [1.54, 1.807) is 0 Å². The summed E-state index contributed by atoms with van der Waals surface area (Å²) in [5, 5.41) is 8.73. The molecule has 0 heterocycles. The molecular formula is C13H10F3NO3. The van der Waals surface area contributed by atoms with Crippen molar-refractivity contribution in [2.24, 2.45) is 0 Å². The van der Waals surface area contributed by atoms with E-state index in [1.807, 2.05) is 0 Å². The van der Waals surface area contributed by atoms with Gasteiger partial charge in [0.25, 0.3) is 0 Å². The summed E-state index contributed by atoms with van der Waals surface area (Å²) in [6.07, 6.45) is -5.49. The first kappa shape index (κ1) is 15.7. The fraction of sp³-hybridized carbons (Fsp3) is 0.308. The van der Waals surface area contributed by atoms with Crippen LogP contribution < -0.4 is 0 Å². The van der Waals surface area contributed by atoms with Gasteiger partial charge in [0, 0.05) is 5.56 Å². The molecule has 0 spiro atoms. The van der Waals surface area contributed by atoms with E-state index in [4.69, 9.17) is 5.26 Å². The quantitative estimate of drug-likeness (QED) is 0.629. The van der Waals surface area contributed by atoms with E-state index in [2.05, 4.69) is 4.74 Å². The van der Waals surface area contributed by atoms with E-state index in [9.17, 15) is 22.8 Å². The van der Waals surface area contributed by atoms with Crippen molar-refractivity contribution in [3.63, 3.8) is 0 Å². The molecule has 1 rings (SSSR count). The van der Waals surface area contributed by atoms with Gasteiger partial charge in [-0.2, -0.15) is 18.4 Å². The normalized spacial score (nSPS) is 10.8. The Kier molecular flexibility index (Phi) is 4.86. The van der Waals surface area contributed by atoms with Crippen LogP contribution in [0.15, 0.2) is 12.1 Å². The Morgan fingerprint density at radius 2 is 2.10 bits per heavy atom. The standard InChI is InChI=1S/C13H10F3NO3/c1-2-20-11(19)5-8-3-4-9(6-17)10(7-18)12(8)13(14,15)16/h3-4,7H,2,5H2,1H3. The monoisotopic (exact) mass is 285 g/mol. The Morgan fingerprint density at radius 3 is 2.55 bits per heavy atom. The van der Waals surface area contributed by atoms with Crippen molar-refractivity contribution in [2.45, 2.75) is 19.5 Å². The predicted octanol–water partition coefficient (Wildman–Crippen LogP) is 2.50. The van der Waals surface area contributed by atoms with Crippen molar-refractivity contribution in [3.8, 4) is 6.07 Å². The number of hydrogen-bond acceptors (Lipinski definition) is 4. The number of benzene rings is 1.